The molecule has 84 valence electrons. The Bertz CT molecular complexity index is 153. The molecule has 3 nitrogen and oxygen atoms in total. The Hall–Kier alpha value is -0.120. The Morgan fingerprint density at radius 3 is 2.79 bits per heavy atom. The number of hydrogen-bond donors (Lipinski definition) is 1. The van der Waals surface area contributed by atoms with Gasteiger partial charge in [0.15, 0.2) is 0 Å². The van der Waals surface area contributed by atoms with Crippen molar-refractivity contribution >= 4 is 0 Å². The minimum Gasteiger partial charge on any atom is -0.385 e. The number of piperidine rings is 1. The van der Waals surface area contributed by atoms with Crippen molar-refractivity contribution < 1.29 is 4.74 Å². The molecule has 0 spiro atoms. The van der Waals surface area contributed by atoms with Gasteiger partial charge in [-0.1, -0.05) is 6.92 Å². The molecule has 0 radical (unpaired) electrons. The van der Waals surface area contributed by atoms with E-state index in [1.54, 1.807) is 7.11 Å². The summed E-state index contributed by atoms with van der Waals surface area (Å²) in [5.74, 6) is 0.740. The molecule has 2 N–H and O–H groups in total. The highest BCUT2D eigenvalue weighted by Crippen LogP contribution is 2.18. The highest BCUT2D eigenvalue weighted by molar-refractivity contribution is 4.82. The first-order valence-corrected chi connectivity index (χ1v) is 5.62. The first-order valence-electron chi connectivity index (χ1n) is 5.62. The molecular weight excluding hydrogens is 176 g/mol. The number of hydrogen-bond acceptors (Lipinski definition) is 3. The van der Waals surface area contributed by atoms with E-state index < -0.39 is 0 Å². The average Bonchev–Trinajstić information content (AvgIpc) is 2.12. The van der Waals surface area contributed by atoms with Gasteiger partial charge in [0.25, 0.3) is 0 Å². The summed E-state index contributed by atoms with van der Waals surface area (Å²) < 4.78 is 5.10. The summed E-state index contributed by atoms with van der Waals surface area (Å²) in [5, 5.41) is 0. The summed E-state index contributed by atoms with van der Waals surface area (Å²) >= 11 is 0. The predicted octanol–water partition coefficient (Wildman–Crippen LogP) is 1.08. The summed E-state index contributed by atoms with van der Waals surface area (Å²) in [4.78, 5) is 2.50. The Labute approximate surface area is 87.6 Å². The minimum absolute atomic E-state index is 0.365. The van der Waals surface area contributed by atoms with Gasteiger partial charge in [0.2, 0.25) is 0 Å². The first kappa shape index (κ1) is 12.0. The summed E-state index contributed by atoms with van der Waals surface area (Å²) in [6.07, 6.45) is 2.28. The van der Waals surface area contributed by atoms with E-state index in [1.807, 2.05) is 0 Å². The van der Waals surface area contributed by atoms with E-state index in [4.69, 9.17) is 10.5 Å². The fraction of sp³-hybridized carbons (Fsp3) is 1.00. The van der Waals surface area contributed by atoms with Crippen LogP contribution in [0.4, 0.5) is 0 Å². The lowest BCUT2D eigenvalue weighted by molar-refractivity contribution is 0.0949. The van der Waals surface area contributed by atoms with Crippen LogP contribution in [-0.4, -0.2) is 43.8 Å². The summed E-state index contributed by atoms with van der Waals surface area (Å²) in [7, 11) is 1.76. The van der Waals surface area contributed by atoms with Crippen LogP contribution in [-0.2, 0) is 4.74 Å². The number of rotatable bonds is 4. The monoisotopic (exact) mass is 200 g/mol. The van der Waals surface area contributed by atoms with Gasteiger partial charge in [-0.15, -0.1) is 0 Å². The van der Waals surface area contributed by atoms with Gasteiger partial charge in [0, 0.05) is 38.9 Å². The Morgan fingerprint density at radius 2 is 2.21 bits per heavy atom. The highest BCUT2D eigenvalue weighted by atomic mass is 16.5. The number of likely N-dealkylation sites (tertiary alicyclic amines) is 1. The molecule has 1 aliphatic heterocycles. The number of ether oxygens (including phenoxy) is 1. The van der Waals surface area contributed by atoms with Crippen LogP contribution >= 0.6 is 0 Å². The summed E-state index contributed by atoms with van der Waals surface area (Å²) in [6, 6.07) is 0.965. The van der Waals surface area contributed by atoms with Gasteiger partial charge in [-0.05, 0) is 25.7 Å². The normalized spacial score (nSPS) is 31.7. The van der Waals surface area contributed by atoms with Gasteiger partial charge < -0.3 is 10.5 Å². The maximum absolute atomic E-state index is 6.01. The SMILES string of the molecule is COCCC(C)N1CC(C)CC(N)C1. The van der Waals surface area contributed by atoms with Crippen molar-refractivity contribution in [1.82, 2.24) is 4.90 Å². The van der Waals surface area contributed by atoms with E-state index in [0.29, 0.717) is 12.1 Å². The van der Waals surface area contributed by atoms with Gasteiger partial charge in [0.05, 0.1) is 0 Å². The standard InChI is InChI=1S/C11H24N2O/c1-9-6-11(12)8-13(7-9)10(2)4-5-14-3/h9-11H,4-8,12H2,1-3H3. The molecule has 0 aromatic rings. The predicted molar refractivity (Wildman–Crippen MR) is 59.3 cm³/mol. The molecule has 14 heavy (non-hydrogen) atoms. The number of nitrogens with zero attached hydrogens (tertiary/aromatic N) is 1. The van der Waals surface area contributed by atoms with Gasteiger partial charge in [0.1, 0.15) is 0 Å². The van der Waals surface area contributed by atoms with Crippen LogP contribution in [0.3, 0.4) is 0 Å². The smallest absolute Gasteiger partial charge is 0.0477 e. The van der Waals surface area contributed by atoms with E-state index in [9.17, 15) is 0 Å². The van der Waals surface area contributed by atoms with Crippen LogP contribution in [0.25, 0.3) is 0 Å². The van der Waals surface area contributed by atoms with Gasteiger partial charge in [-0.25, -0.2) is 0 Å². The van der Waals surface area contributed by atoms with Crippen LogP contribution in [0.5, 0.6) is 0 Å². The molecule has 3 atom stereocenters. The molecule has 0 saturated carbocycles. The zero-order valence-electron chi connectivity index (χ0n) is 9.70. The Balaban J connectivity index is 2.34. The van der Waals surface area contributed by atoms with Gasteiger partial charge in [-0.2, -0.15) is 0 Å². The van der Waals surface area contributed by atoms with Crippen molar-refractivity contribution in [2.45, 2.75) is 38.8 Å². The van der Waals surface area contributed by atoms with Gasteiger partial charge >= 0.3 is 0 Å². The molecule has 0 aliphatic carbocycles. The van der Waals surface area contributed by atoms with E-state index in [2.05, 4.69) is 18.7 Å². The second-order valence-electron chi connectivity index (χ2n) is 4.69. The third-order valence-corrected chi connectivity index (χ3v) is 3.08. The van der Waals surface area contributed by atoms with Crippen LogP contribution in [0.15, 0.2) is 0 Å². The first-order chi connectivity index (χ1) is 6.63. The van der Waals surface area contributed by atoms with Crippen molar-refractivity contribution in [3.8, 4) is 0 Å². The van der Waals surface area contributed by atoms with Crippen LogP contribution < -0.4 is 5.73 Å². The van der Waals surface area contributed by atoms with Crippen molar-refractivity contribution in [1.29, 1.82) is 0 Å². The average molecular weight is 200 g/mol. The number of nitrogens with two attached hydrogens (primary N) is 1. The minimum atomic E-state index is 0.365. The molecule has 0 aromatic heterocycles. The lowest BCUT2D eigenvalue weighted by Crippen LogP contribution is -2.49. The largest absolute Gasteiger partial charge is 0.385 e. The molecular formula is C11H24N2O. The van der Waals surface area contributed by atoms with E-state index in [-0.39, 0.29) is 0 Å². The third-order valence-electron chi connectivity index (χ3n) is 3.08. The van der Waals surface area contributed by atoms with E-state index in [1.165, 1.54) is 13.0 Å². The van der Waals surface area contributed by atoms with Crippen molar-refractivity contribution in [2.75, 3.05) is 26.8 Å². The van der Waals surface area contributed by atoms with E-state index >= 15 is 0 Å². The quantitative estimate of drug-likeness (QED) is 0.738. The molecule has 1 aliphatic rings. The van der Waals surface area contributed by atoms with Crippen molar-refractivity contribution in [2.24, 2.45) is 11.7 Å². The fourth-order valence-electron chi connectivity index (χ4n) is 2.27. The highest BCUT2D eigenvalue weighted by Gasteiger charge is 2.25. The van der Waals surface area contributed by atoms with Crippen molar-refractivity contribution in [3.05, 3.63) is 0 Å². The maximum Gasteiger partial charge on any atom is 0.0477 e. The lowest BCUT2D eigenvalue weighted by Gasteiger charge is -2.38. The summed E-state index contributed by atoms with van der Waals surface area (Å²) in [5.41, 5.74) is 6.01. The maximum atomic E-state index is 6.01. The van der Waals surface area contributed by atoms with Crippen LogP contribution in [0.2, 0.25) is 0 Å². The third kappa shape index (κ3) is 3.56. The zero-order chi connectivity index (χ0) is 10.6. The molecule has 0 aromatic carbocycles. The molecule has 1 rings (SSSR count). The zero-order valence-corrected chi connectivity index (χ0v) is 9.70. The molecule has 3 heteroatoms. The van der Waals surface area contributed by atoms with Gasteiger partial charge in [-0.3, -0.25) is 4.90 Å². The second kappa shape index (κ2) is 5.69. The summed E-state index contributed by atoms with van der Waals surface area (Å²) in [6.45, 7) is 7.65. The second-order valence-corrected chi connectivity index (χ2v) is 4.69. The Kier molecular flexibility index (Phi) is 4.85. The lowest BCUT2D eigenvalue weighted by atomic mass is 9.95. The molecule has 0 amide bonds. The Morgan fingerprint density at radius 1 is 1.50 bits per heavy atom. The molecule has 0 bridgehead atoms. The topological polar surface area (TPSA) is 38.5 Å². The molecule has 1 saturated heterocycles. The van der Waals surface area contributed by atoms with Crippen LogP contribution in [0.1, 0.15) is 26.7 Å². The fourth-order valence-corrected chi connectivity index (χ4v) is 2.27. The molecule has 1 fully saturated rings. The number of methoxy groups -OCH3 is 1. The van der Waals surface area contributed by atoms with Crippen LogP contribution in [0, 0.1) is 5.92 Å². The molecule has 3 unspecified atom stereocenters. The van der Waals surface area contributed by atoms with E-state index in [0.717, 1.165) is 25.5 Å². The molecule has 1 heterocycles. The van der Waals surface area contributed by atoms with Crippen molar-refractivity contribution in [3.63, 3.8) is 0 Å².